The molecule has 0 aliphatic rings. The van der Waals surface area contributed by atoms with Crippen molar-refractivity contribution in [2.24, 2.45) is 0 Å². The second-order valence-electron chi connectivity index (χ2n) is 1.01. The van der Waals surface area contributed by atoms with E-state index < -0.39 is 12.1 Å². The largest absolute Gasteiger partial charge is 0.479 e. The zero-order valence-corrected chi connectivity index (χ0v) is 7.30. The Balaban J connectivity index is -0.0000000417. The maximum Gasteiger partial charge on any atom is 0.332 e. The minimum Gasteiger partial charge on any atom is -0.479 e. The van der Waals surface area contributed by atoms with Gasteiger partial charge in [0.2, 0.25) is 0 Å². The van der Waals surface area contributed by atoms with Gasteiger partial charge < -0.3 is 21.2 Å². The van der Waals surface area contributed by atoms with E-state index in [1.54, 1.807) is 0 Å². The van der Waals surface area contributed by atoms with Crippen LogP contribution in [0, 0.1) is 0 Å². The van der Waals surface area contributed by atoms with E-state index in [0.717, 1.165) is 0 Å². The topological polar surface area (TPSA) is 121 Å². The number of aliphatic hydroxyl groups excluding tert-OH is 1. The molecule has 0 bridgehead atoms. The summed E-state index contributed by atoms with van der Waals surface area (Å²) in [5.74, 6) is -1.19. The van der Waals surface area contributed by atoms with E-state index in [0.29, 0.717) is 0 Å². The van der Waals surface area contributed by atoms with Crippen molar-refractivity contribution in [1.29, 1.82) is 0 Å². The van der Waals surface area contributed by atoms with E-state index in [9.17, 15) is 4.79 Å². The Bertz CT molecular complexity index is 63.2. The first-order valence-electron chi connectivity index (χ1n) is 1.55. The van der Waals surface area contributed by atoms with E-state index in [-0.39, 0.29) is 48.7 Å². The third kappa shape index (κ3) is 17.7. The summed E-state index contributed by atoms with van der Waals surface area (Å²) in [5.41, 5.74) is 0. The number of carbonyl (C=O) groups is 1. The molecular formula is C3H10CaO5. The van der Waals surface area contributed by atoms with Crippen LogP contribution in [0.15, 0.2) is 0 Å². The van der Waals surface area contributed by atoms with Gasteiger partial charge in [0.25, 0.3) is 0 Å². The summed E-state index contributed by atoms with van der Waals surface area (Å²) in [7, 11) is 0. The van der Waals surface area contributed by atoms with Crippen LogP contribution in [0.1, 0.15) is 6.92 Å². The fourth-order valence-corrected chi connectivity index (χ4v) is 0. The predicted molar refractivity (Wildman–Crippen MR) is 32.3 cm³/mol. The third-order valence-electron chi connectivity index (χ3n) is 0.357. The van der Waals surface area contributed by atoms with E-state index >= 15 is 0 Å². The minimum atomic E-state index is -1.23. The molecule has 0 aromatic carbocycles. The smallest absolute Gasteiger partial charge is 0.332 e. The molecule has 0 fully saturated rings. The number of rotatable bonds is 1. The van der Waals surface area contributed by atoms with Gasteiger partial charge in [-0.3, -0.25) is 0 Å². The minimum absolute atomic E-state index is 0. The van der Waals surface area contributed by atoms with E-state index in [1.165, 1.54) is 6.92 Å². The standard InChI is InChI=1S/C3H6O3.Ca.2H2O/c1-2(4)3(5)6;;;/h2,4H,1H3,(H,5,6);;2*1H2. The summed E-state index contributed by atoms with van der Waals surface area (Å²) in [6.07, 6.45) is -1.23. The van der Waals surface area contributed by atoms with Crippen LogP contribution < -0.4 is 0 Å². The Morgan fingerprint density at radius 2 is 1.56 bits per heavy atom. The summed E-state index contributed by atoms with van der Waals surface area (Å²) in [5, 5.41) is 15.8. The quantitative estimate of drug-likeness (QED) is 0.416. The summed E-state index contributed by atoms with van der Waals surface area (Å²) >= 11 is 0. The molecule has 0 aromatic heterocycles. The second-order valence-corrected chi connectivity index (χ2v) is 1.01. The normalized spacial score (nSPS) is 9.11. The van der Waals surface area contributed by atoms with Crippen molar-refractivity contribution in [3.8, 4) is 0 Å². The molecule has 0 heterocycles. The molecule has 9 heavy (non-hydrogen) atoms. The number of hydrogen-bond donors (Lipinski definition) is 2. The Morgan fingerprint density at radius 1 is 1.44 bits per heavy atom. The number of aliphatic hydroxyl groups is 1. The fraction of sp³-hybridized carbons (Fsp3) is 0.667. The Kier molecular flexibility index (Phi) is 28.7. The van der Waals surface area contributed by atoms with Gasteiger partial charge in [0.05, 0.1) is 0 Å². The molecule has 5 nitrogen and oxygen atoms in total. The third-order valence-corrected chi connectivity index (χ3v) is 0.357. The first kappa shape index (κ1) is 22.6. The molecule has 2 radical (unpaired) electrons. The molecular weight excluding hydrogens is 156 g/mol. The summed E-state index contributed by atoms with van der Waals surface area (Å²) in [4.78, 5) is 9.45. The van der Waals surface area contributed by atoms with Crippen LogP contribution in [0.4, 0.5) is 0 Å². The van der Waals surface area contributed by atoms with E-state index in [2.05, 4.69) is 0 Å². The van der Waals surface area contributed by atoms with Crippen LogP contribution in [-0.4, -0.2) is 71.0 Å². The van der Waals surface area contributed by atoms with Crippen molar-refractivity contribution in [2.45, 2.75) is 13.0 Å². The first-order chi connectivity index (χ1) is 2.64. The molecule has 0 saturated carbocycles. The molecule has 0 aromatic rings. The van der Waals surface area contributed by atoms with E-state index in [4.69, 9.17) is 10.2 Å². The molecule has 1 atom stereocenters. The summed E-state index contributed by atoms with van der Waals surface area (Å²) in [6.45, 7) is 1.20. The van der Waals surface area contributed by atoms with Gasteiger partial charge in [0.15, 0.2) is 0 Å². The molecule has 6 N–H and O–H groups in total. The van der Waals surface area contributed by atoms with Crippen LogP contribution >= 0.6 is 0 Å². The molecule has 1 unspecified atom stereocenters. The van der Waals surface area contributed by atoms with Crippen molar-refractivity contribution < 1.29 is 26.0 Å². The number of aliphatic carboxylic acids is 1. The van der Waals surface area contributed by atoms with Gasteiger partial charge in [-0.1, -0.05) is 0 Å². The van der Waals surface area contributed by atoms with Gasteiger partial charge in [-0.2, -0.15) is 0 Å². The fourth-order valence-electron chi connectivity index (χ4n) is 0. The average molecular weight is 166 g/mol. The van der Waals surface area contributed by atoms with Crippen molar-refractivity contribution >= 4 is 43.7 Å². The van der Waals surface area contributed by atoms with Crippen LogP contribution in [0.2, 0.25) is 0 Å². The number of carboxylic acids is 1. The maximum absolute atomic E-state index is 9.45. The van der Waals surface area contributed by atoms with Gasteiger partial charge in [-0.05, 0) is 6.92 Å². The maximum atomic E-state index is 9.45. The van der Waals surface area contributed by atoms with Crippen LogP contribution in [0.25, 0.3) is 0 Å². The Hall–Kier alpha value is 0.610. The molecule has 0 amide bonds. The van der Waals surface area contributed by atoms with Crippen molar-refractivity contribution in [3.05, 3.63) is 0 Å². The second kappa shape index (κ2) is 11.4. The average Bonchev–Trinajstić information content (AvgIpc) is 1.36. The van der Waals surface area contributed by atoms with E-state index in [1.807, 2.05) is 0 Å². The molecule has 6 heteroatoms. The molecule has 0 spiro atoms. The number of carboxylic acid groups (broad SMARTS) is 1. The van der Waals surface area contributed by atoms with Crippen molar-refractivity contribution in [3.63, 3.8) is 0 Å². The molecule has 54 valence electrons. The zero-order chi connectivity index (χ0) is 5.15. The van der Waals surface area contributed by atoms with Gasteiger partial charge in [0.1, 0.15) is 6.10 Å². The number of hydrogen-bond acceptors (Lipinski definition) is 2. The Morgan fingerprint density at radius 3 is 1.56 bits per heavy atom. The van der Waals surface area contributed by atoms with Gasteiger partial charge >= 0.3 is 5.97 Å². The van der Waals surface area contributed by atoms with Gasteiger partial charge in [-0.15, -0.1) is 0 Å². The Labute approximate surface area is 82.3 Å². The molecule has 0 aliphatic carbocycles. The van der Waals surface area contributed by atoms with Gasteiger partial charge in [-0.25, -0.2) is 4.79 Å². The van der Waals surface area contributed by atoms with Crippen molar-refractivity contribution in [1.82, 2.24) is 0 Å². The molecule has 0 aliphatic heterocycles. The first-order valence-corrected chi connectivity index (χ1v) is 1.55. The van der Waals surface area contributed by atoms with Crippen molar-refractivity contribution in [2.75, 3.05) is 0 Å². The van der Waals surface area contributed by atoms with Crippen LogP contribution in [-0.2, 0) is 4.79 Å². The summed E-state index contributed by atoms with van der Waals surface area (Å²) in [6, 6.07) is 0. The summed E-state index contributed by atoms with van der Waals surface area (Å²) < 4.78 is 0. The predicted octanol–water partition coefficient (Wildman–Crippen LogP) is -2.58. The van der Waals surface area contributed by atoms with Crippen LogP contribution in [0.3, 0.4) is 0 Å². The molecule has 0 rings (SSSR count). The zero-order valence-electron chi connectivity index (χ0n) is 5.09. The van der Waals surface area contributed by atoms with Gasteiger partial charge in [0, 0.05) is 37.7 Å². The monoisotopic (exact) mass is 166 g/mol. The SMILES string of the molecule is CC(O)C(=O)O.O.O.[Ca]. The molecule has 0 saturated heterocycles. The van der Waals surface area contributed by atoms with Crippen LogP contribution in [0.5, 0.6) is 0 Å².